The Hall–Kier alpha value is -2.34. The molecule has 3 aromatic rings. The van der Waals surface area contributed by atoms with Gasteiger partial charge < -0.3 is 15.1 Å². The summed E-state index contributed by atoms with van der Waals surface area (Å²) in [6, 6.07) is 11.7. The molecule has 0 aliphatic carbocycles. The minimum atomic E-state index is 0.584. The van der Waals surface area contributed by atoms with Gasteiger partial charge in [-0.25, -0.2) is 9.97 Å². The lowest BCUT2D eigenvalue weighted by Gasteiger charge is -2.10. The van der Waals surface area contributed by atoms with E-state index >= 15 is 0 Å². The van der Waals surface area contributed by atoms with Crippen LogP contribution >= 0.6 is 15.9 Å². The van der Waals surface area contributed by atoms with Gasteiger partial charge >= 0.3 is 0 Å². The van der Waals surface area contributed by atoms with E-state index in [2.05, 4.69) is 42.6 Å². The van der Waals surface area contributed by atoms with E-state index in [9.17, 15) is 0 Å². The van der Waals surface area contributed by atoms with Crippen molar-refractivity contribution in [2.75, 3.05) is 10.6 Å². The molecule has 22 heavy (non-hydrogen) atoms. The van der Waals surface area contributed by atoms with E-state index < -0.39 is 0 Å². The summed E-state index contributed by atoms with van der Waals surface area (Å²) in [4.78, 5) is 8.45. The maximum absolute atomic E-state index is 5.28. The summed E-state index contributed by atoms with van der Waals surface area (Å²) < 4.78 is 6.34. The van der Waals surface area contributed by atoms with Gasteiger partial charge in [0.05, 0.1) is 12.8 Å². The van der Waals surface area contributed by atoms with E-state index in [1.54, 1.807) is 6.26 Å². The van der Waals surface area contributed by atoms with Crippen molar-refractivity contribution in [2.45, 2.75) is 13.5 Å². The fraction of sp³-hybridized carbons (Fsp3) is 0.125. The number of hydrogen-bond donors (Lipinski definition) is 2. The maximum Gasteiger partial charge on any atom is 0.135 e. The Morgan fingerprint density at radius 3 is 2.77 bits per heavy atom. The lowest BCUT2D eigenvalue weighted by Crippen LogP contribution is -2.02. The van der Waals surface area contributed by atoms with Crippen molar-refractivity contribution < 1.29 is 4.42 Å². The quantitative estimate of drug-likeness (QED) is 0.703. The molecule has 0 saturated carbocycles. The second-order valence-electron chi connectivity index (χ2n) is 4.81. The van der Waals surface area contributed by atoms with Gasteiger partial charge in [0.25, 0.3) is 0 Å². The highest BCUT2D eigenvalue weighted by molar-refractivity contribution is 9.10. The molecule has 112 valence electrons. The predicted molar refractivity (Wildman–Crippen MR) is 90.2 cm³/mol. The number of nitrogens with zero attached hydrogens (tertiary/aromatic N) is 2. The molecule has 1 aromatic carbocycles. The molecule has 0 unspecified atom stereocenters. The molecule has 0 atom stereocenters. The molecule has 6 heteroatoms. The second kappa shape index (κ2) is 6.62. The van der Waals surface area contributed by atoms with Gasteiger partial charge in [-0.15, -0.1) is 0 Å². The van der Waals surface area contributed by atoms with E-state index in [1.165, 1.54) is 6.33 Å². The number of nitrogens with one attached hydrogen (secondary N) is 2. The van der Waals surface area contributed by atoms with Gasteiger partial charge in [-0.05, 0) is 42.8 Å². The summed E-state index contributed by atoms with van der Waals surface area (Å²) in [5, 5.41) is 6.50. The van der Waals surface area contributed by atoms with Gasteiger partial charge in [-0.2, -0.15) is 0 Å². The highest BCUT2D eigenvalue weighted by Gasteiger charge is 2.03. The van der Waals surface area contributed by atoms with Crippen LogP contribution in [-0.4, -0.2) is 9.97 Å². The van der Waals surface area contributed by atoms with Crippen LogP contribution in [0, 0.1) is 6.92 Å². The zero-order valence-corrected chi connectivity index (χ0v) is 13.6. The van der Waals surface area contributed by atoms with Crippen LogP contribution in [0.3, 0.4) is 0 Å². The average molecular weight is 359 g/mol. The Labute approximate surface area is 136 Å². The Kier molecular flexibility index (Phi) is 4.39. The molecule has 0 bridgehead atoms. The highest BCUT2D eigenvalue weighted by atomic mass is 79.9. The largest absolute Gasteiger partial charge is 0.467 e. The summed E-state index contributed by atoms with van der Waals surface area (Å²) in [5.74, 6) is 2.34. The maximum atomic E-state index is 5.28. The first-order valence-electron chi connectivity index (χ1n) is 6.82. The summed E-state index contributed by atoms with van der Waals surface area (Å²) in [7, 11) is 0. The van der Waals surface area contributed by atoms with Crippen LogP contribution in [0.1, 0.15) is 11.3 Å². The number of aromatic nitrogens is 2. The van der Waals surface area contributed by atoms with E-state index in [0.29, 0.717) is 6.54 Å². The van der Waals surface area contributed by atoms with Gasteiger partial charge in [0.1, 0.15) is 23.7 Å². The summed E-state index contributed by atoms with van der Waals surface area (Å²) in [6.07, 6.45) is 3.18. The minimum Gasteiger partial charge on any atom is -0.467 e. The summed E-state index contributed by atoms with van der Waals surface area (Å²) >= 11 is 3.46. The highest BCUT2D eigenvalue weighted by Crippen LogP contribution is 2.23. The van der Waals surface area contributed by atoms with Gasteiger partial charge in [0.2, 0.25) is 0 Å². The minimum absolute atomic E-state index is 0.584. The van der Waals surface area contributed by atoms with Crippen molar-refractivity contribution in [1.82, 2.24) is 9.97 Å². The van der Waals surface area contributed by atoms with Crippen molar-refractivity contribution in [3.05, 3.63) is 64.8 Å². The smallest absolute Gasteiger partial charge is 0.135 e. The summed E-state index contributed by atoms with van der Waals surface area (Å²) in [6.45, 7) is 2.63. The Morgan fingerprint density at radius 1 is 1.14 bits per heavy atom. The fourth-order valence-corrected chi connectivity index (χ4v) is 2.49. The van der Waals surface area contributed by atoms with Crippen LogP contribution in [0.25, 0.3) is 0 Å². The number of hydrogen-bond acceptors (Lipinski definition) is 5. The van der Waals surface area contributed by atoms with Crippen molar-refractivity contribution in [3.63, 3.8) is 0 Å². The molecule has 0 amide bonds. The van der Waals surface area contributed by atoms with E-state index in [1.807, 2.05) is 37.3 Å². The number of anilines is 3. The predicted octanol–water partition coefficient (Wildman–Crippen LogP) is 4.50. The normalized spacial score (nSPS) is 10.5. The van der Waals surface area contributed by atoms with Crippen molar-refractivity contribution >= 4 is 33.3 Å². The SMILES string of the molecule is Cc1cc(Br)ccc1Nc1cc(NCc2ccco2)ncn1. The van der Waals surface area contributed by atoms with Crippen LogP contribution < -0.4 is 10.6 Å². The molecule has 0 fully saturated rings. The molecule has 0 aliphatic rings. The first-order valence-corrected chi connectivity index (χ1v) is 7.61. The Morgan fingerprint density at radius 2 is 2.00 bits per heavy atom. The van der Waals surface area contributed by atoms with E-state index in [-0.39, 0.29) is 0 Å². The lowest BCUT2D eigenvalue weighted by atomic mass is 10.2. The van der Waals surface area contributed by atoms with Gasteiger partial charge in [0.15, 0.2) is 0 Å². The third-order valence-corrected chi connectivity index (χ3v) is 3.64. The molecular weight excluding hydrogens is 344 g/mol. The first-order chi connectivity index (χ1) is 10.7. The molecule has 2 heterocycles. The molecule has 2 aromatic heterocycles. The Bertz CT molecular complexity index is 759. The third-order valence-electron chi connectivity index (χ3n) is 3.14. The third kappa shape index (κ3) is 3.65. The number of benzene rings is 1. The summed E-state index contributed by atoms with van der Waals surface area (Å²) in [5.41, 5.74) is 2.15. The zero-order valence-electron chi connectivity index (χ0n) is 12.0. The van der Waals surface area contributed by atoms with Gasteiger partial charge in [0, 0.05) is 16.2 Å². The van der Waals surface area contributed by atoms with Crippen LogP contribution in [0.2, 0.25) is 0 Å². The molecule has 0 saturated heterocycles. The topological polar surface area (TPSA) is 63.0 Å². The molecule has 0 radical (unpaired) electrons. The first kappa shape index (κ1) is 14.6. The molecular formula is C16H15BrN4O. The van der Waals surface area contributed by atoms with Gasteiger partial charge in [-0.1, -0.05) is 15.9 Å². The Balaban J connectivity index is 1.70. The van der Waals surface area contributed by atoms with Crippen LogP contribution in [0.5, 0.6) is 0 Å². The molecule has 0 spiro atoms. The lowest BCUT2D eigenvalue weighted by molar-refractivity contribution is 0.518. The van der Waals surface area contributed by atoms with Crippen molar-refractivity contribution in [3.8, 4) is 0 Å². The number of furan rings is 1. The van der Waals surface area contributed by atoms with Crippen LogP contribution in [0.4, 0.5) is 17.3 Å². The van der Waals surface area contributed by atoms with Crippen molar-refractivity contribution in [2.24, 2.45) is 0 Å². The molecule has 2 N–H and O–H groups in total. The molecule has 0 aliphatic heterocycles. The van der Waals surface area contributed by atoms with Crippen molar-refractivity contribution in [1.29, 1.82) is 0 Å². The van der Waals surface area contributed by atoms with Crippen LogP contribution in [0.15, 0.2) is 57.9 Å². The molecule has 3 rings (SSSR count). The second-order valence-corrected chi connectivity index (χ2v) is 5.72. The number of halogens is 1. The fourth-order valence-electron chi connectivity index (χ4n) is 2.02. The van der Waals surface area contributed by atoms with Gasteiger partial charge in [-0.3, -0.25) is 0 Å². The van der Waals surface area contributed by atoms with E-state index in [0.717, 1.165) is 33.1 Å². The zero-order chi connectivity index (χ0) is 15.4. The van der Waals surface area contributed by atoms with E-state index in [4.69, 9.17) is 4.42 Å². The average Bonchev–Trinajstić information content (AvgIpc) is 3.02. The number of rotatable bonds is 5. The standard InChI is InChI=1S/C16H15BrN4O/c1-11-7-12(17)4-5-14(11)21-16-8-15(19-10-20-16)18-9-13-3-2-6-22-13/h2-8,10H,9H2,1H3,(H2,18,19,20,21). The van der Waals surface area contributed by atoms with Crippen LogP contribution in [-0.2, 0) is 6.54 Å². The monoisotopic (exact) mass is 358 g/mol. The number of aryl methyl sites for hydroxylation is 1. The molecule has 5 nitrogen and oxygen atoms in total.